The number of hydrogen-bond donors (Lipinski definition) is 2. The monoisotopic (exact) mass is 354 g/mol. The number of nitrogens with zero attached hydrogens (tertiary/aromatic N) is 1. The summed E-state index contributed by atoms with van der Waals surface area (Å²) in [6, 6.07) is 15.0. The molecule has 2 N–H and O–H groups in total. The Labute approximate surface area is 148 Å². The van der Waals surface area contributed by atoms with Crippen molar-refractivity contribution < 1.29 is 19.5 Å². The van der Waals surface area contributed by atoms with Crippen LogP contribution in [0.3, 0.4) is 0 Å². The van der Waals surface area contributed by atoms with Crippen molar-refractivity contribution in [3.05, 3.63) is 65.1 Å². The van der Waals surface area contributed by atoms with Crippen molar-refractivity contribution in [1.82, 2.24) is 4.90 Å². The number of rotatable bonds is 4. The number of imide groups is 1. The zero-order valence-electron chi connectivity index (χ0n) is 13.0. The van der Waals surface area contributed by atoms with Crippen LogP contribution >= 0.6 is 11.8 Å². The molecular formula is C18H14N2O4S. The molecule has 1 heterocycles. The first-order chi connectivity index (χ1) is 12.0. The van der Waals surface area contributed by atoms with Gasteiger partial charge < -0.3 is 10.4 Å². The number of benzene rings is 2. The van der Waals surface area contributed by atoms with Crippen LogP contribution in [0.5, 0.6) is 5.75 Å². The Bertz CT molecular complexity index is 847. The van der Waals surface area contributed by atoms with Crippen molar-refractivity contribution in [3.8, 4) is 5.75 Å². The van der Waals surface area contributed by atoms with Gasteiger partial charge in [0.1, 0.15) is 12.3 Å². The summed E-state index contributed by atoms with van der Waals surface area (Å²) in [4.78, 5) is 37.6. The molecule has 2 aromatic carbocycles. The van der Waals surface area contributed by atoms with Crippen LogP contribution < -0.4 is 5.32 Å². The number of carbonyl (C=O) groups excluding carboxylic acids is 3. The molecule has 2 aromatic rings. The van der Waals surface area contributed by atoms with Gasteiger partial charge in [0.15, 0.2) is 0 Å². The molecule has 1 aliphatic rings. The lowest BCUT2D eigenvalue weighted by Crippen LogP contribution is -2.36. The molecule has 7 heteroatoms. The second kappa shape index (κ2) is 7.23. The SMILES string of the molecule is O=C(CN1C(=O)S/C(=C\c2ccc(O)cc2)C1=O)Nc1ccccc1. The fourth-order valence-corrected chi connectivity index (χ4v) is 3.06. The molecule has 0 aromatic heterocycles. The van der Waals surface area contributed by atoms with Crippen molar-refractivity contribution in [1.29, 1.82) is 0 Å². The third kappa shape index (κ3) is 4.07. The van der Waals surface area contributed by atoms with E-state index in [9.17, 15) is 19.5 Å². The van der Waals surface area contributed by atoms with Gasteiger partial charge in [0.2, 0.25) is 5.91 Å². The maximum absolute atomic E-state index is 12.4. The Kier molecular flexibility index (Phi) is 4.85. The average Bonchev–Trinajstić information content (AvgIpc) is 2.85. The van der Waals surface area contributed by atoms with Gasteiger partial charge in [-0.3, -0.25) is 19.3 Å². The summed E-state index contributed by atoms with van der Waals surface area (Å²) < 4.78 is 0. The lowest BCUT2D eigenvalue weighted by atomic mass is 10.2. The first-order valence-corrected chi connectivity index (χ1v) is 8.24. The van der Waals surface area contributed by atoms with Crippen LogP contribution in [0.15, 0.2) is 59.5 Å². The van der Waals surface area contributed by atoms with Crippen LogP contribution in [0, 0.1) is 0 Å². The number of amides is 3. The topological polar surface area (TPSA) is 86.7 Å². The molecule has 1 saturated heterocycles. The van der Waals surface area contributed by atoms with Crippen molar-refractivity contribution in [2.24, 2.45) is 0 Å². The second-order valence-corrected chi connectivity index (χ2v) is 6.27. The molecule has 0 unspecified atom stereocenters. The summed E-state index contributed by atoms with van der Waals surface area (Å²) in [5.41, 5.74) is 1.27. The molecule has 0 atom stereocenters. The van der Waals surface area contributed by atoms with Crippen LogP contribution in [-0.4, -0.2) is 33.6 Å². The number of aromatic hydroxyl groups is 1. The van der Waals surface area contributed by atoms with Gasteiger partial charge in [-0.15, -0.1) is 0 Å². The van der Waals surface area contributed by atoms with E-state index in [4.69, 9.17) is 0 Å². The fraction of sp³-hybridized carbons (Fsp3) is 0.0556. The van der Waals surface area contributed by atoms with E-state index in [1.165, 1.54) is 12.1 Å². The number of para-hydroxylation sites is 1. The lowest BCUT2D eigenvalue weighted by Gasteiger charge is -2.12. The molecule has 0 saturated carbocycles. The number of anilines is 1. The highest BCUT2D eigenvalue weighted by Gasteiger charge is 2.36. The maximum atomic E-state index is 12.4. The molecule has 0 spiro atoms. The number of nitrogens with one attached hydrogen (secondary N) is 1. The van der Waals surface area contributed by atoms with E-state index in [0.29, 0.717) is 11.3 Å². The largest absolute Gasteiger partial charge is 0.508 e. The molecule has 3 rings (SSSR count). The van der Waals surface area contributed by atoms with Crippen LogP contribution in [0.1, 0.15) is 5.56 Å². The van der Waals surface area contributed by atoms with E-state index in [1.807, 2.05) is 6.07 Å². The molecule has 0 bridgehead atoms. The second-order valence-electron chi connectivity index (χ2n) is 5.27. The van der Waals surface area contributed by atoms with E-state index >= 15 is 0 Å². The first-order valence-electron chi connectivity index (χ1n) is 7.42. The minimum absolute atomic E-state index is 0.114. The van der Waals surface area contributed by atoms with Crippen molar-refractivity contribution in [2.45, 2.75) is 0 Å². The van der Waals surface area contributed by atoms with E-state index in [1.54, 1.807) is 42.5 Å². The normalized spacial score (nSPS) is 15.7. The zero-order chi connectivity index (χ0) is 17.8. The number of carbonyl (C=O) groups is 3. The van der Waals surface area contributed by atoms with E-state index < -0.39 is 17.1 Å². The maximum Gasteiger partial charge on any atom is 0.294 e. The number of phenols is 1. The van der Waals surface area contributed by atoms with Gasteiger partial charge >= 0.3 is 0 Å². The first kappa shape index (κ1) is 16.8. The molecule has 1 aliphatic heterocycles. The Balaban J connectivity index is 1.69. The third-order valence-electron chi connectivity index (χ3n) is 3.42. The zero-order valence-corrected chi connectivity index (χ0v) is 13.8. The van der Waals surface area contributed by atoms with Gasteiger partial charge in [-0.1, -0.05) is 30.3 Å². The van der Waals surface area contributed by atoms with E-state index in [0.717, 1.165) is 16.7 Å². The molecule has 6 nitrogen and oxygen atoms in total. The Morgan fingerprint density at radius 2 is 1.76 bits per heavy atom. The highest BCUT2D eigenvalue weighted by Crippen LogP contribution is 2.32. The molecule has 126 valence electrons. The Hall–Kier alpha value is -3.06. The standard InChI is InChI=1S/C18H14N2O4S/c21-14-8-6-12(7-9-14)10-15-17(23)20(18(24)25-15)11-16(22)19-13-4-2-1-3-5-13/h1-10,21H,11H2,(H,19,22)/b15-10-. The summed E-state index contributed by atoms with van der Waals surface area (Å²) in [6.07, 6.45) is 1.56. The Morgan fingerprint density at radius 3 is 2.44 bits per heavy atom. The third-order valence-corrected chi connectivity index (χ3v) is 4.33. The number of hydrogen-bond acceptors (Lipinski definition) is 5. The van der Waals surface area contributed by atoms with Crippen LogP contribution in [0.4, 0.5) is 10.5 Å². The number of phenolic OH excluding ortho intramolecular Hbond substituents is 1. The molecule has 3 amide bonds. The van der Waals surface area contributed by atoms with Crippen LogP contribution in [0.2, 0.25) is 0 Å². The van der Waals surface area contributed by atoms with Crippen molar-refractivity contribution >= 4 is 40.6 Å². The van der Waals surface area contributed by atoms with Gasteiger partial charge in [0.05, 0.1) is 4.91 Å². The lowest BCUT2D eigenvalue weighted by molar-refractivity contribution is -0.127. The predicted octanol–water partition coefficient (Wildman–Crippen LogP) is 3.07. The van der Waals surface area contributed by atoms with Gasteiger partial charge in [0, 0.05) is 5.69 Å². The molecule has 0 aliphatic carbocycles. The number of thioether (sulfide) groups is 1. The van der Waals surface area contributed by atoms with Gasteiger partial charge in [-0.2, -0.15) is 0 Å². The predicted molar refractivity (Wildman–Crippen MR) is 95.9 cm³/mol. The van der Waals surface area contributed by atoms with E-state index in [2.05, 4.69) is 5.32 Å². The minimum atomic E-state index is -0.508. The quantitative estimate of drug-likeness (QED) is 0.824. The van der Waals surface area contributed by atoms with Crippen LogP contribution in [0.25, 0.3) is 6.08 Å². The average molecular weight is 354 g/mol. The highest BCUT2D eigenvalue weighted by molar-refractivity contribution is 8.18. The van der Waals surface area contributed by atoms with Crippen molar-refractivity contribution in [2.75, 3.05) is 11.9 Å². The summed E-state index contributed by atoms with van der Waals surface area (Å²) in [5.74, 6) is -0.839. The molecule has 0 radical (unpaired) electrons. The van der Waals surface area contributed by atoms with Crippen LogP contribution in [-0.2, 0) is 9.59 Å². The molecule has 1 fully saturated rings. The summed E-state index contributed by atoms with van der Waals surface area (Å²) in [7, 11) is 0. The van der Waals surface area contributed by atoms with Gasteiger partial charge in [0.25, 0.3) is 11.1 Å². The Morgan fingerprint density at radius 1 is 1.08 bits per heavy atom. The van der Waals surface area contributed by atoms with Gasteiger partial charge in [-0.25, -0.2) is 0 Å². The molecule has 25 heavy (non-hydrogen) atoms. The van der Waals surface area contributed by atoms with E-state index in [-0.39, 0.29) is 17.2 Å². The summed E-state index contributed by atoms with van der Waals surface area (Å²) in [5, 5.41) is 11.4. The van der Waals surface area contributed by atoms with Crippen molar-refractivity contribution in [3.63, 3.8) is 0 Å². The summed E-state index contributed by atoms with van der Waals surface area (Å²) in [6.45, 7) is -0.341. The highest BCUT2D eigenvalue weighted by atomic mass is 32.2. The van der Waals surface area contributed by atoms with Gasteiger partial charge in [-0.05, 0) is 47.7 Å². The molecular weight excluding hydrogens is 340 g/mol. The summed E-state index contributed by atoms with van der Waals surface area (Å²) >= 11 is 0.785. The smallest absolute Gasteiger partial charge is 0.294 e. The minimum Gasteiger partial charge on any atom is -0.508 e. The fourth-order valence-electron chi connectivity index (χ4n) is 2.22.